The maximum atomic E-state index is 14.2. The molecule has 6 nitrogen and oxygen atoms in total. The number of fused-ring (bicyclic) bond motifs is 1. The molecule has 12 heteroatoms. The van der Waals surface area contributed by atoms with E-state index in [1.807, 2.05) is 0 Å². The van der Waals surface area contributed by atoms with E-state index in [9.17, 15) is 26.3 Å². The van der Waals surface area contributed by atoms with Crippen molar-refractivity contribution in [3.63, 3.8) is 0 Å². The maximum Gasteiger partial charge on any atom is 0.416 e. The fraction of sp³-hybridized carbons (Fsp3) is 0.130. The molecule has 2 aromatic heterocycles. The van der Waals surface area contributed by atoms with Gasteiger partial charge in [0.05, 0.1) is 53.2 Å². The summed E-state index contributed by atoms with van der Waals surface area (Å²) in [4.78, 5) is 7.27. The van der Waals surface area contributed by atoms with Crippen molar-refractivity contribution in [1.82, 2.24) is 25.2 Å². The Labute approximate surface area is 194 Å². The lowest BCUT2D eigenvalue weighted by molar-refractivity contribution is -0.137. The van der Waals surface area contributed by atoms with E-state index in [-0.39, 0.29) is 35.7 Å². The number of aromatic amines is 1. The summed E-state index contributed by atoms with van der Waals surface area (Å²) in [6, 6.07) is 9.02. The first-order valence-corrected chi connectivity index (χ1v) is 10.2. The van der Waals surface area contributed by atoms with E-state index in [4.69, 9.17) is 0 Å². The number of aromatic nitrogens is 4. The number of hydrogen-bond donors (Lipinski definition) is 1. The Hall–Kier alpha value is -4.22. The fourth-order valence-electron chi connectivity index (χ4n) is 3.59. The average Bonchev–Trinajstić information content (AvgIpc) is 3.24. The normalized spacial score (nSPS) is 13.3. The topological polar surface area (TPSA) is 70.1 Å². The van der Waals surface area contributed by atoms with Crippen molar-refractivity contribution in [2.45, 2.75) is 19.3 Å². The minimum atomic E-state index is -4.65. The highest BCUT2D eigenvalue weighted by Crippen LogP contribution is 2.32. The summed E-state index contributed by atoms with van der Waals surface area (Å²) in [5, 5.41) is 13.8. The molecule has 0 bridgehead atoms. The second-order valence-corrected chi connectivity index (χ2v) is 7.72. The molecular weight excluding hydrogens is 474 g/mol. The van der Waals surface area contributed by atoms with Crippen LogP contribution in [0.5, 0.6) is 0 Å². The highest BCUT2D eigenvalue weighted by molar-refractivity contribution is 5.80. The molecule has 1 aliphatic rings. The minimum absolute atomic E-state index is 0.00342. The average molecular weight is 488 g/mol. The second-order valence-electron chi connectivity index (χ2n) is 7.72. The monoisotopic (exact) mass is 488 g/mol. The molecule has 0 saturated heterocycles. The van der Waals surface area contributed by atoms with Crippen LogP contribution in [0.1, 0.15) is 22.6 Å². The maximum absolute atomic E-state index is 14.2. The highest BCUT2D eigenvalue weighted by Gasteiger charge is 2.31. The van der Waals surface area contributed by atoms with E-state index in [1.54, 1.807) is 11.1 Å². The van der Waals surface area contributed by atoms with E-state index in [0.717, 1.165) is 18.2 Å². The van der Waals surface area contributed by atoms with Crippen LogP contribution in [-0.4, -0.2) is 31.4 Å². The third-order valence-corrected chi connectivity index (χ3v) is 5.34. The number of imidazole rings is 1. The molecule has 1 aliphatic heterocycles. The molecule has 1 N–H and O–H groups in total. The third-order valence-electron chi connectivity index (χ3n) is 5.34. The van der Waals surface area contributed by atoms with Crippen molar-refractivity contribution < 1.29 is 26.3 Å². The third kappa shape index (κ3) is 4.46. The lowest BCUT2D eigenvalue weighted by Crippen LogP contribution is -2.22. The molecule has 0 aliphatic carbocycles. The van der Waals surface area contributed by atoms with Crippen LogP contribution >= 0.6 is 0 Å². The van der Waals surface area contributed by atoms with Gasteiger partial charge in [0.2, 0.25) is 0 Å². The first-order valence-electron chi connectivity index (χ1n) is 10.2. The number of nitrogens with one attached hydrogen (secondary N) is 1. The summed E-state index contributed by atoms with van der Waals surface area (Å²) >= 11 is 0. The molecule has 4 aromatic rings. The van der Waals surface area contributed by atoms with E-state index < -0.39 is 29.2 Å². The molecule has 0 saturated carbocycles. The molecular formula is C23H14F6N6. The van der Waals surface area contributed by atoms with Crippen molar-refractivity contribution >= 4 is 6.21 Å². The van der Waals surface area contributed by atoms with E-state index in [0.29, 0.717) is 23.1 Å². The SMILES string of the molecule is Fc1cc(C(F)(F)F)ccc1-c1ccc(CN2Cc3nc(-c4cccc(F)c4F)[nH]c3C=N2)nn1. The molecule has 0 unspecified atom stereocenters. The second kappa shape index (κ2) is 8.53. The van der Waals surface area contributed by atoms with Gasteiger partial charge in [-0.15, -0.1) is 0 Å². The van der Waals surface area contributed by atoms with Crippen LogP contribution in [0.15, 0.2) is 53.6 Å². The molecule has 0 spiro atoms. The molecule has 3 heterocycles. The number of hydrogen-bond acceptors (Lipinski definition) is 5. The molecule has 5 rings (SSSR count). The Morgan fingerprint density at radius 1 is 0.914 bits per heavy atom. The number of alkyl halides is 3. The van der Waals surface area contributed by atoms with Crippen molar-refractivity contribution in [3.8, 4) is 22.6 Å². The van der Waals surface area contributed by atoms with Gasteiger partial charge in [0.25, 0.3) is 0 Å². The van der Waals surface area contributed by atoms with Crippen LogP contribution in [-0.2, 0) is 19.3 Å². The van der Waals surface area contributed by atoms with Crippen molar-refractivity contribution in [3.05, 3.63) is 88.6 Å². The van der Waals surface area contributed by atoms with Gasteiger partial charge in [0.15, 0.2) is 11.6 Å². The van der Waals surface area contributed by atoms with Crippen LogP contribution in [0.25, 0.3) is 22.6 Å². The predicted octanol–water partition coefficient (Wildman–Crippen LogP) is 5.32. The molecule has 0 fully saturated rings. The van der Waals surface area contributed by atoms with E-state index >= 15 is 0 Å². The standard InChI is InChI=1S/C23H14F6N6/c24-16-3-1-2-15(21(16)26)22-31-19-9-30-35(11-20(19)32-22)10-13-5-7-18(34-33-13)14-6-4-12(8-17(14)25)23(27,28)29/h1-9H,10-11H2,(H,31,32). The summed E-state index contributed by atoms with van der Waals surface area (Å²) < 4.78 is 80.1. The Kier molecular flexibility index (Phi) is 5.50. The van der Waals surface area contributed by atoms with E-state index in [2.05, 4.69) is 25.3 Å². The van der Waals surface area contributed by atoms with E-state index in [1.165, 1.54) is 24.4 Å². The zero-order valence-electron chi connectivity index (χ0n) is 17.6. The molecule has 178 valence electrons. The Balaban J connectivity index is 1.30. The molecule has 0 radical (unpaired) electrons. The van der Waals surface area contributed by atoms with Gasteiger partial charge in [-0.25, -0.2) is 18.2 Å². The first kappa shape index (κ1) is 22.6. The van der Waals surface area contributed by atoms with Gasteiger partial charge in [0.1, 0.15) is 11.6 Å². The Bertz CT molecular complexity index is 1430. The zero-order valence-corrected chi connectivity index (χ0v) is 17.6. The quantitative estimate of drug-likeness (QED) is 0.395. The van der Waals surface area contributed by atoms with Gasteiger partial charge in [-0.1, -0.05) is 6.07 Å². The first-order chi connectivity index (χ1) is 16.7. The van der Waals surface area contributed by atoms with Gasteiger partial charge in [0, 0.05) is 5.56 Å². The van der Waals surface area contributed by atoms with Crippen LogP contribution in [0.2, 0.25) is 0 Å². The van der Waals surface area contributed by atoms with Gasteiger partial charge in [-0.2, -0.15) is 28.5 Å². The van der Waals surface area contributed by atoms with Gasteiger partial charge >= 0.3 is 6.18 Å². The lowest BCUT2D eigenvalue weighted by atomic mass is 10.1. The van der Waals surface area contributed by atoms with Gasteiger partial charge in [-0.3, -0.25) is 5.01 Å². The van der Waals surface area contributed by atoms with Crippen LogP contribution in [0, 0.1) is 17.5 Å². The number of nitrogens with zero attached hydrogens (tertiary/aromatic N) is 5. The molecule has 0 atom stereocenters. The van der Waals surface area contributed by atoms with Crippen LogP contribution in [0.4, 0.5) is 26.3 Å². The van der Waals surface area contributed by atoms with Gasteiger partial charge < -0.3 is 4.98 Å². The number of benzene rings is 2. The molecule has 2 aromatic carbocycles. The molecule has 35 heavy (non-hydrogen) atoms. The molecule has 0 amide bonds. The summed E-state index contributed by atoms with van der Waals surface area (Å²) in [5.41, 5.74) is 0.469. The number of H-pyrrole nitrogens is 1. The Morgan fingerprint density at radius 3 is 2.46 bits per heavy atom. The van der Waals surface area contributed by atoms with Crippen LogP contribution in [0.3, 0.4) is 0 Å². The predicted molar refractivity (Wildman–Crippen MR) is 113 cm³/mol. The minimum Gasteiger partial charge on any atom is -0.337 e. The van der Waals surface area contributed by atoms with Crippen LogP contribution < -0.4 is 0 Å². The summed E-state index contributed by atoms with van der Waals surface area (Å²) in [7, 11) is 0. The van der Waals surface area contributed by atoms with Crippen molar-refractivity contribution in [2.24, 2.45) is 5.10 Å². The lowest BCUT2D eigenvalue weighted by Gasteiger charge is -2.20. The van der Waals surface area contributed by atoms with Crippen molar-refractivity contribution in [2.75, 3.05) is 0 Å². The fourth-order valence-corrected chi connectivity index (χ4v) is 3.59. The zero-order chi connectivity index (χ0) is 24.7. The van der Waals surface area contributed by atoms with Gasteiger partial charge in [-0.05, 0) is 42.5 Å². The number of halogens is 6. The summed E-state index contributed by atoms with van der Waals surface area (Å²) in [5.74, 6) is -2.88. The summed E-state index contributed by atoms with van der Waals surface area (Å²) in [6.45, 7) is 0.450. The summed E-state index contributed by atoms with van der Waals surface area (Å²) in [6.07, 6.45) is -3.16. The smallest absolute Gasteiger partial charge is 0.337 e. The van der Waals surface area contributed by atoms with Crippen molar-refractivity contribution in [1.29, 1.82) is 0 Å². The number of rotatable bonds is 4. The number of hydrazone groups is 1. The Morgan fingerprint density at radius 2 is 1.74 bits per heavy atom. The highest BCUT2D eigenvalue weighted by atomic mass is 19.4. The largest absolute Gasteiger partial charge is 0.416 e.